The van der Waals surface area contributed by atoms with Crippen molar-refractivity contribution in [2.75, 3.05) is 0 Å². The minimum absolute atomic E-state index is 0.231. The maximum absolute atomic E-state index is 4.19. The molecule has 0 aromatic heterocycles. The molecule has 0 amide bonds. The van der Waals surface area contributed by atoms with Gasteiger partial charge >= 0.3 is 57.0 Å². The van der Waals surface area contributed by atoms with Crippen LogP contribution in [-0.4, -0.2) is 5.54 Å². The van der Waals surface area contributed by atoms with E-state index in [0.717, 1.165) is 24.7 Å². The Morgan fingerprint density at radius 3 is 1.29 bits per heavy atom. The summed E-state index contributed by atoms with van der Waals surface area (Å²) in [6, 6.07) is 0. The first-order valence-corrected chi connectivity index (χ1v) is 11.1. The number of nitrogens with zero attached hydrogens (tertiary/aromatic N) is 1. The molecule has 0 aromatic carbocycles. The van der Waals surface area contributed by atoms with Crippen LogP contribution in [0.2, 0.25) is 0 Å². The number of hydrogen-bond acceptors (Lipinski definition) is 1. The molecule has 0 spiro atoms. The van der Waals surface area contributed by atoms with Crippen LogP contribution in [0.4, 0.5) is 0 Å². The van der Waals surface area contributed by atoms with Crippen molar-refractivity contribution in [1.82, 2.24) is 0 Å². The molecule has 2 heteroatoms. The average molecular weight is 416 g/mol. The van der Waals surface area contributed by atoms with Crippen molar-refractivity contribution in [3.05, 3.63) is 19.8 Å². The van der Waals surface area contributed by atoms with Crippen LogP contribution in [0.25, 0.3) is 0 Å². The van der Waals surface area contributed by atoms with E-state index in [2.05, 4.69) is 57.7 Å². The van der Waals surface area contributed by atoms with E-state index in [1.54, 1.807) is 20.9 Å². The minimum Gasteiger partial charge on any atom is -0.344 e. The van der Waals surface area contributed by atoms with Gasteiger partial charge in [-0.2, -0.15) is 32.1 Å². The van der Waals surface area contributed by atoms with Crippen LogP contribution in [0.15, 0.2) is 3.34 Å². The summed E-state index contributed by atoms with van der Waals surface area (Å²) in [4.78, 5) is 0. The van der Waals surface area contributed by atoms with Crippen LogP contribution >= 0.6 is 0 Å². The van der Waals surface area contributed by atoms with Gasteiger partial charge in [0, 0.05) is 0 Å². The number of hydrogen-bond donors (Lipinski definition) is 0. The fourth-order valence-corrected chi connectivity index (χ4v) is 2.61. The topological polar surface area (TPSA) is 12.4 Å². The first kappa shape index (κ1) is 26.8. The fourth-order valence-electron chi connectivity index (χ4n) is 2.26. The summed E-state index contributed by atoms with van der Waals surface area (Å²) >= 11 is 1.55. The van der Waals surface area contributed by atoms with Gasteiger partial charge in [0.25, 0.3) is 0 Å². The molecule has 2 rings (SSSR count). The Labute approximate surface area is 166 Å². The third-order valence-corrected chi connectivity index (χ3v) is 5.92. The largest absolute Gasteiger partial charge is 0.344 e. The molecule has 145 valence electrons. The molecule has 0 bridgehead atoms. The van der Waals surface area contributed by atoms with Crippen molar-refractivity contribution in [2.24, 2.45) is 15.2 Å². The van der Waals surface area contributed by atoms with Crippen LogP contribution in [0.1, 0.15) is 106 Å². The van der Waals surface area contributed by atoms with Crippen molar-refractivity contribution in [3.63, 3.8) is 0 Å². The van der Waals surface area contributed by atoms with Gasteiger partial charge in [-0.25, -0.2) is 0 Å². The van der Waals surface area contributed by atoms with E-state index in [-0.39, 0.29) is 5.54 Å². The zero-order chi connectivity index (χ0) is 18.8. The zero-order valence-electron chi connectivity index (χ0n) is 17.5. The van der Waals surface area contributed by atoms with Crippen LogP contribution < -0.4 is 0 Å². The van der Waals surface area contributed by atoms with Crippen molar-refractivity contribution in [2.45, 2.75) is 111 Å². The van der Waals surface area contributed by atoms with E-state index < -0.39 is 0 Å². The van der Waals surface area contributed by atoms with Gasteiger partial charge in [0.2, 0.25) is 0 Å². The van der Waals surface area contributed by atoms with Crippen molar-refractivity contribution in [3.8, 4) is 0 Å². The fraction of sp³-hybridized carbons (Fsp3) is 0.864. The normalized spacial score (nSPS) is 18.8. The predicted octanol–water partition coefficient (Wildman–Crippen LogP) is 7.94. The summed E-state index contributed by atoms with van der Waals surface area (Å²) in [5.41, 5.74) is 0.231. The molecule has 0 radical (unpaired) electrons. The molecule has 2 fully saturated rings. The monoisotopic (exact) mass is 415 g/mol. The second-order valence-corrected chi connectivity index (χ2v) is 8.35. The standard InChI is InChI=1S/2C7H13.C5H11N.C3H7.Nb/c2*1-7-5-3-2-4-6-7;1-4-5(2,3)6;1-3-2;/h2*2,7H,3-6H2,1H3;4H2,1-3H3;1,3H2,2H3;/q2*-1;;-1;. The molecule has 0 heterocycles. The van der Waals surface area contributed by atoms with Gasteiger partial charge in [0.05, 0.1) is 0 Å². The summed E-state index contributed by atoms with van der Waals surface area (Å²) in [6.07, 6.45) is 18.1. The molecular weight excluding hydrogens is 371 g/mol. The van der Waals surface area contributed by atoms with Crippen LogP contribution in [0.3, 0.4) is 0 Å². The molecule has 2 aliphatic rings. The molecule has 1 nitrogen and oxygen atoms in total. The maximum atomic E-state index is 4.19. The molecule has 0 N–H and O–H groups in total. The minimum atomic E-state index is 0.231. The summed E-state index contributed by atoms with van der Waals surface area (Å²) < 4.78 is 4.19. The average Bonchev–Trinajstić information content (AvgIpc) is 2.58. The van der Waals surface area contributed by atoms with E-state index in [1.807, 2.05) is 6.92 Å². The summed E-state index contributed by atoms with van der Waals surface area (Å²) in [5, 5.41) is 0. The summed E-state index contributed by atoms with van der Waals surface area (Å²) in [5.74, 6) is 2.01. The Hall–Kier alpha value is 0.540. The van der Waals surface area contributed by atoms with Crippen LogP contribution in [0, 0.1) is 31.6 Å². The van der Waals surface area contributed by atoms with E-state index in [4.69, 9.17) is 0 Å². The number of rotatable bonds is 2. The van der Waals surface area contributed by atoms with E-state index >= 15 is 0 Å². The summed E-state index contributed by atoms with van der Waals surface area (Å²) in [7, 11) is 0. The molecule has 0 unspecified atom stereocenters. The first-order valence-electron chi connectivity index (χ1n) is 10.1. The van der Waals surface area contributed by atoms with Gasteiger partial charge in [-0.3, -0.25) is 0 Å². The van der Waals surface area contributed by atoms with E-state index in [1.165, 1.54) is 51.4 Å². The second-order valence-electron chi connectivity index (χ2n) is 7.86. The molecule has 2 saturated carbocycles. The van der Waals surface area contributed by atoms with Crippen molar-refractivity contribution >= 4 is 0 Å². The van der Waals surface area contributed by atoms with E-state index in [0.29, 0.717) is 0 Å². The molecule has 2 aliphatic carbocycles. The second kappa shape index (κ2) is 18.3. The molecular formula is C22H44NNb-3. The van der Waals surface area contributed by atoms with Gasteiger partial charge in [-0.05, 0) is 11.8 Å². The molecule has 0 aliphatic heterocycles. The molecule has 24 heavy (non-hydrogen) atoms. The maximum Gasteiger partial charge on any atom is -0.0927 e. The predicted molar refractivity (Wildman–Crippen MR) is 106 cm³/mol. The van der Waals surface area contributed by atoms with E-state index in [9.17, 15) is 0 Å². The SMILES string of the molecule is CC1CC[CH-]CC1.CC1CC[CH-]CC1.CCC(C)(C)[N]=[Nb].[CH2-]CC. The van der Waals surface area contributed by atoms with Gasteiger partial charge < -0.3 is 19.8 Å². The van der Waals surface area contributed by atoms with Gasteiger partial charge in [0.1, 0.15) is 0 Å². The third-order valence-electron chi connectivity index (χ3n) is 4.59. The Morgan fingerprint density at radius 1 is 0.917 bits per heavy atom. The van der Waals surface area contributed by atoms with Crippen LogP contribution in [0.5, 0.6) is 0 Å². The quantitative estimate of drug-likeness (QED) is 0.321. The Balaban J connectivity index is 0. The van der Waals surface area contributed by atoms with Gasteiger partial charge in [-0.1, -0.05) is 46.5 Å². The molecule has 0 atom stereocenters. The Bertz CT molecular complexity index is 235. The third kappa shape index (κ3) is 20.6. The molecule has 0 saturated heterocycles. The Kier molecular flexibility index (Phi) is 20.4. The summed E-state index contributed by atoms with van der Waals surface area (Å²) in [6.45, 7) is 16.6. The first-order chi connectivity index (χ1) is 11.3. The van der Waals surface area contributed by atoms with Crippen molar-refractivity contribution < 1.29 is 20.9 Å². The van der Waals surface area contributed by atoms with Gasteiger partial charge in [-0.15, -0.1) is 0 Å². The zero-order valence-corrected chi connectivity index (χ0v) is 19.7. The van der Waals surface area contributed by atoms with Gasteiger partial charge in [0.15, 0.2) is 0 Å². The Morgan fingerprint density at radius 2 is 1.21 bits per heavy atom. The van der Waals surface area contributed by atoms with Crippen molar-refractivity contribution in [1.29, 1.82) is 0 Å². The molecule has 0 aromatic rings. The smallest absolute Gasteiger partial charge is 0.0927 e. The van der Waals surface area contributed by atoms with Crippen LogP contribution in [-0.2, 0) is 20.9 Å².